The molecule has 0 N–H and O–H groups in total. The van der Waals surface area contributed by atoms with Gasteiger partial charge in [0.25, 0.3) is 5.91 Å². The molecule has 0 radical (unpaired) electrons. The van der Waals surface area contributed by atoms with Gasteiger partial charge in [0.2, 0.25) is 0 Å². The Morgan fingerprint density at radius 2 is 2.32 bits per heavy atom. The molecule has 2 heterocycles. The van der Waals surface area contributed by atoms with Crippen molar-refractivity contribution < 1.29 is 4.79 Å². The van der Waals surface area contributed by atoms with E-state index in [1.807, 2.05) is 17.5 Å². The summed E-state index contributed by atoms with van der Waals surface area (Å²) in [6.45, 7) is 1.60. The van der Waals surface area contributed by atoms with E-state index in [4.69, 9.17) is 11.6 Å². The van der Waals surface area contributed by atoms with Gasteiger partial charge in [0.05, 0.1) is 6.04 Å². The molecule has 4 nitrogen and oxygen atoms in total. The number of carbonyl (C=O) groups excluding carboxylic acids is 1. The predicted octanol–water partition coefficient (Wildman–Crippen LogP) is 2.50. The summed E-state index contributed by atoms with van der Waals surface area (Å²) in [5.74, 6) is 5.35. The Hall–Kier alpha value is -2.03. The van der Waals surface area contributed by atoms with Crippen molar-refractivity contribution in [3.63, 3.8) is 0 Å². The van der Waals surface area contributed by atoms with Crippen LogP contribution < -0.4 is 4.90 Å². The highest BCUT2D eigenvalue weighted by Crippen LogP contribution is 2.24. The Bertz CT molecular complexity index is 729. The number of nitrogens with zero attached hydrogens (tertiary/aromatic N) is 3. The third-order valence-electron chi connectivity index (χ3n) is 3.56. The molecule has 1 amide bonds. The fourth-order valence-electron chi connectivity index (χ4n) is 2.17. The van der Waals surface area contributed by atoms with Crippen molar-refractivity contribution in [2.24, 2.45) is 0 Å². The van der Waals surface area contributed by atoms with Crippen LogP contribution in [0.15, 0.2) is 35.8 Å². The van der Waals surface area contributed by atoms with Crippen LogP contribution in [0.3, 0.4) is 0 Å². The summed E-state index contributed by atoms with van der Waals surface area (Å²) in [6, 6.07) is 7.36. The maximum Gasteiger partial charge on any atom is 0.298 e. The second kappa shape index (κ2) is 6.39. The lowest BCUT2D eigenvalue weighted by Gasteiger charge is -2.43. The van der Waals surface area contributed by atoms with E-state index in [-0.39, 0.29) is 11.9 Å². The first-order chi connectivity index (χ1) is 10.6. The number of likely N-dealkylation sites (N-methyl/N-ethyl adjacent to an activating group) is 1. The van der Waals surface area contributed by atoms with Crippen molar-refractivity contribution in [3.8, 4) is 11.8 Å². The largest absolute Gasteiger partial charge is 0.344 e. The van der Waals surface area contributed by atoms with Crippen LogP contribution in [0.2, 0.25) is 5.02 Å². The maximum atomic E-state index is 12.1. The third kappa shape index (κ3) is 3.24. The smallest absolute Gasteiger partial charge is 0.298 e. The standard InChI is InChI=1S/C16H14ClN3OS/c1-19(14-10-20(11-14)16-18-7-8-22-16)15(21)6-5-12-3-2-4-13(17)9-12/h2-4,7-9,14H,10-11H2,1H3. The molecule has 1 aliphatic heterocycles. The second-order valence-corrected chi connectivity index (χ2v) is 6.36. The van der Waals surface area contributed by atoms with Crippen LogP contribution in [0.1, 0.15) is 5.56 Å². The van der Waals surface area contributed by atoms with Gasteiger partial charge in [-0.15, -0.1) is 11.3 Å². The molecular weight excluding hydrogens is 318 g/mol. The molecule has 1 aliphatic rings. The van der Waals surface area contributed by atoms with E-state index < -0.39 is 0 Å². The highest BCUT2D eigenvalue weighted by molar-refractivity contribution is 7.13. The third-order valence-corrected chi connectivity index (χ3v) is 4.63. The van der Waals surface area contributed by atoms with Crippen LogP contribution in [0.5, 0.6) is 0 Å². The van der Waals surface area contributed by atoms with Crippen molar-refractivity contribution in [3.05, 3.63) is 46.4 Å². The minimum absolute atomic E-state index is 0.177. The Morgan fingerprint density at radius 3 is 3.00 bits per heavy atom. The van der Waals surface area contributed by atoms with Crippen LogP contribution >= 0.6 is 22.9 Å². The van der Waals surface area contributed by atoms with E-state index in [0.29, 0.717) is 5.02 Å². The minimum Gasteiger partial charge on any atom is -0.344 e. The van der Waals surface area contributed by atoms with Crippen molar-refractivity contribution >= 4 is 34.0 Å². The van der Waals surface area contributed by atoms with Gasteiger partial charge in [0.1, 0.15) is 0 Å². The van der Waals surface area contributed by atoms with Gasteiger partial charge in [-0.25, -0.2) is 4.98 Å². The van der Waals surface area contributed by atoms with Gasteiger partial charge in [-0.2, -0.15) is 0 Å². The van der Waals surface area contributed by atoms with E-state index in [1.54, 1.807) is 41.6 Å². The normalized spacial score (nSPS) is 14.0. The molecule has 0 unspecified atom stereocenters. The first-order valence-electron chi connectivity index (χ1n) is 6.82. The summed E-state index contributed by atoms with van der Waals surface area (Å²) in [7, 11) is 1.79. The first-order valence-corrected chi connectivity index (χ1v) is 8.08. The van der Waals surface area contributed by atoms with E-state index >= 15 is 0 Å². The number of hydrogen-bond acceptors (Lipinski definition) is 4. The van der Waals surface area contributed by atoms with Gasteiger partial charge in [0, 0.05) is 48.2 Å². The Morgan fingerprint density at radius 1 is 1.50 bits per heavy atom. The number of hydrogen-bond donors (Lipinski definition) is 0. The van der Waals surface area contributed by atoms with Crippen LogP contribution in [0.4, 0.5) is 5.13 Å². The SMILES string of the molecule is CN(C(=O)C#Cc1cccc(Cl)c1)C1CN(c2nccs2)C1. The quantitative estimate of drug-likeness (QED) is 0.793. The lowest BCUT2D eigenvalue weighted by Crippen LogP contribution is -2.59. The fraction of sp³-hybridized carbons (Fsp3) is 0.250. The summed E-state index contributed by atoms with van der Waals surface area (Å²) in [5, 5.41) is 3.57. The second-order valence-electron chi connectivity index (χ2n) is 5.05. The van der Waals surface area contributed by atoms with Crippen LogP contribution in [-0.4, -0.2) is 42.0 Å². The first kappa shape index (κ1) is 14.9. The molecule has 0 atom stereocenters. The summed E-state index contributed by atoms with van der Waals surface area (Å²) in [6.07, 6.45) is 1.79. The summed E-state index contributed by atoms with van der Waals surface area (Å²) in [4.78, 5) is 20.2. The van der Waals surface area contributed by atoms with Crippen LogP contribution in [0, 0.1) is 11.8 Å². The topological polar surface area (TPSA) is 36.4 Å². The lowest BCUT2D eigenvalue weighted by molar-refractivity contribution is -0.126. The predicted molar refractivity (Wildman–Crippen MR) is 89.2 cm³/mol. The summed E-state index contributed by atoms with van der Waals surface area (Å²) >= 11 is 7.50. The molecule has 0 bridgehead atoms. The Balaban J connectivity index is 1.57. The zero-order chi connectivity index (χ0) is 15.5. The van der Waals surface area contributed by atoms with E-state index in [1.165, 1.54) is 0 Å². The average Bonchev–Trinajstić information content (AvgIpc) is 2.97. The van der Waals surface area contributed by atoms with Crippen molar-refractivity contribution in [2.75, 3.05) is 25.0 Å². The van der Waals surface area contributed by atoms with E-state index in [9.17, 15) is 4.79 Å². The van der Waals surface area contributed by atoms with Crippen LogP contribution in [-0.2, 0) is 4.79 Å². The number of amides is 1. The zero-order valence-corrected chi connectivity index (χ0v) is 13.6. The molecule has 1 aromatic carbocycles. The average molecular weight is 332 g/mol. The molecule has 6 heteroatoms. The number of thiazole rings is 1. The van der Waals surface area contributed by atoms with Gasteiger partial charge in [-0.1, -0.05) is 23.6 Å². The Kier molecular flexibility index (Phi) is 4.32. The molecule has 0 spiro atoms. The molecule has 0 saturated carbocycles. The van der Waals surface area contributed by atoms with Gasteiger partial charge in [-0.05, 0) is 18.2 Å². The molecule has 1 fully saturated rings. The lowest BCUT2D eigenvalue weighted by atomic mass is 10.1. The summed E-state index contributed by atoms with van der Waals surface area (Å²) < 4.78 is 0. The molecular formula is C16H14ClN3OS. The number of aromatic nitrogens is 1. The van der Waals surface area contributed by atoms with E-state index in [2.05, 4.69) is 21.7 Å². The fourth-order valence-corrected chi connectivity index (χ4v) is 3.03. The zero-order valence-electron chi connectivity index (χ0n) is 12.0. The molecule has 0 aliphatic carbocycles. The molecule has 2 aromatic rings. The molecule has 3 rings (SSSR count). The highest BCUT2D eigenvalue weighted by Gasteiger charge is 2.33. The highest BCUT2D eigenvalue weighted by atomic mass is 35.5. The van der Waals surface area contributed by atoms with Crippen LogP contribution in [0.25, 0.3) is 0 Å². The van der Waals surface area contributed by atoms with E-state index in [0.717, 1.165) is 23.8 Å². The number of carbonyl (C=O) groups is 1. The molecule has 112 valence electrons. The molecule has 22 heavy (non-hydrogen) atoms. The maximum absolute atomic E-state index is 12.1. The van der Waals surface area contributed by atoms with Gasteiger partial charge in [0.15, 0.2) is 5.13 Å². The molecule has 1 aromatic heterocycles. The van der Waals surface area contributed by atoms with Gasteiger partial charge < -0.3 is 9.80 Å². The molecule has 1 saturated heterocycles. The van der Waals surface area contributed by atoms with Crippen molar-refractivity contribution in [2.45, 2.75) is 6.04 Å². The number of benzene rings is 1. The Labute approximate surface area is 138 Å². The van der Waals surface area contributed by atoms with Gasteiger partial charge >= 0.3 is 0 Å². The number of halogens is 1. The monoisotopic (exact) mass is 331 g/mol. The van der Waals surface area contributed by atoms with Crippen molar-refractivity contribution in [1.82, 2.24) is 9.88 Å². The van der Waals surface area contributed by atoms with Crippen molar-refractivity contribution in [1.29, 1.82) is 0 Å². The van der Waals surface area contributed by atoms with Gasteiger partial charge in [-0.3, -0.25) is 4.79 Å². The number of anilines is 1. The number of rotatable bonds is 2. The summed E-state index contributed by atoms with van der Waals surface area (Å²) in [5.41, 5.74) is 0.743. The minimum atomic E-state index is -0.177.